The first-order valence-corrected chi connectivity index (χ1v) is 12.3. The number of guanidine groups is 1. The van der Waals surface area contributed by atoms with Crippen molar-refractivity contribution in [1.82, 2.24) is 24.9 Å². The molecular formula is C25H42N6O. The van der Waals surface area contributed by atoms with Crippen LogP contribution < -0.4 is 5.32 Å². The molecule has 1 aromatic carbocycles. The van der Waals surface area contributed by atoms with Crippen molar-refractivity contribution in [2.24, 2.45) is 4.99 Å². The van der Waals surface area contributed by atoms with E-state index in [9.17, 15) is 4.79 Å². The fraction of sp³-hybridized carbons (Fsp3) is 0.680. The lowest BCUT2D eigenvalue weighted by Crippen LogP contribution is -2.54. The fourth-order valence-corrected chi connectivity index (χ4v) is 4.41. The zero-order valence-electron chi connectivity index (χ0n) is 20.3. The maximum Gasteiger partial charge on any atom is 0.236 e. The van der Waals surface area contributed by atoms with Crippen molar-refractivity contribution in [1.29, 1.82) is 0 Å². The first-order chi connectivity index (χ1) is 15.6. The number of benzene rings is 1. The van der Waals surface area contributed by atoms with Crippen molar-refractivity contribution in [2.75, 3.05) is 66.0 Å². The molecule has 2 heterocycles. The highest BCUT2D eigenvalue weighted by Gasteiger charge is 2.24. The molecule has 1 amide bonds. The van der Waals surface area contributed by atoms with Crippen LogP contribution in [0.2, 0.25) is 0 Å². The molecule has 3 rings (SSSR count). The van der Waals surface area contributed by atoms with Crippen LogP contribution in [0.5, 0.6) is 0 Å². The van der Waals surface area contributed by atoms with Gasteiger partial charge in [0.1, 0.15) is 0 Å². The van der Waals surface area contributed by atoms with E-state index in [1.807, 2.05) is 4.90 Å². The first-order valence-electron chi connectivity index (χ1n) is 12.3. The lowest BCUT2D eigenvalue weighted by molar-refractivity contribution is -0.131. The summed E-state index contributed by atoms with van der Waals surface area (Å²) >= 11 is 0. The normalized spacial score (nSPS) is 18.9. The van der Waals surface area contributed by atoms with Crippen LogP contribution in [0.4, 0.5) is 0 Å². The lowest BCUT2D eigenvalue weighted by Gasteiger charge is -2.36. The number of aliphatic imine (C=N–C) groups is 1. The number of carbonyl (C=O) groups is 1. The smallest absolute Gasteiger partial charge is 0.236 e. The van der Waals surface area contributed by atoms with E-state index >= 15 is 0 Å². The zero-order chi connectivity index (χ0) is 22.8. The van der Waals surface area contributed by atoms with Crippen molar-refractivity contribution < 1.29 is 4.79 Å². The summed E-state index contributed by atoms with van der Waals surface area (Å²) in [7, 11) is 2.19. The van der Waals surface area contributed by atoms with Crippen LogP contribution in [0.25, 0.3) is 0 Å². The Kier molecular flexibility index (Phi) is 9.81. The molecule has 2 aliphatic heterocycles. The molecule has 2 aliphatic rings. The minimum absolute atomic E-state index is 0.296. The fourth-order valence-electron chi connectivity index (χ4n) is 4.41. The summed E-state index contributed by atoms with van der Waals surface area (Å²) < 4.78 is 0. The standard InChI is InChI=1S/C25H42N6O/c1-4-26-25(27-13-12-22(2)28(3)20-23-10-6-5-7-11-23)31-18-16-29(17-19-31)21-24(32)30-14-8-9-15-30/h5-7,10-11,22H,4,8-9,12-21H2,1-3H3,(H,26,27). The van der Waals surface area contributed by atoms with Gasteiger partial charge in [0.25, 0.3) is 0 Å². The van der Waals surface area contributed by atoms with Crippen LogP contribution in [0.1, 0.15) is 38.7 Å². The summed E-state index contributed by atoms with van der Waals surface area (Å²) in [5.74, 6) is 1.31. The average Bonchev–Trinajstić information content (AvgIpc) is 3.35. The van der Waals surface area contributed by atoms with E-state index in [0.29, 0.717) is 18.5 Å². The predicted octanol–water partition coefficient (Wildman–Crippen LogP) is 2.10. The van der Waals surface area contributed by atoms with Gasteiger partial charge in [0.2, 0.25) is 5.91 Å². The van der Waals surface area contributed by atoms with E-state index in [1.54, 1.807) is 0 Å². The van der Waals surface area contributed by atoms with Crippen molar-refractivity contribution >= 4 is 11.9 Å². The number of rotatable bonds is 9. The molecular weight excluding hydrogens is 400 g/mol. The molecule has 7 heteroatoms. The largest absolute Gasteiger partial charge is 0.357 e. The average molecular weight is 443 g/mol. The van der Waals surface area contributed by atoms with Crippen molar-refractivity contribution in [2.45, 2.75) is 45.7 Å². The summed E-state index contributed by atoms with van der Waals surface area (Å²) in [6, 6.07) is 11.1. The van der Waals surface area contributed by atoms with Crippen LogP contribution >= 0.6 is 0 Å². The summed E-state index contributed by atoms with van der Waals surface area (Å²) in [5.41, 5.74) is 1.35. The Labute approximate surface area is 194 Å². The van der Waals surface area contributed by atoms with Gasteiger partial charge in [0.05, 0.1) is 6.54 Å². The Morgan fingerprint density at radius 1 is 1.06 bits per heavy atom. The molecule has 0 aliphatic carbocycles. The SMILES string of the molecule is CCNC(=NCCC(C)N(C)Cc1ccccc1)N1CCN(CC(=O)N2CCCC2)CC1. The Balaban J connectivity index is 1.42. The van der Waals surface area contributed by atoms with Gasteiger partial charge in [-0.25, -0.2) is 0 Å². The third-order valence-electron chi connectivity index (χ3n) is 6.66. The first kappa shape index (κ1) is 24.5. The predicted molar refractivity (Wildman–Crippen MR) is 132 cm³/mol. The number of amides is 1. The van der Waals surface area contributed by atoms with Gasteiger partial charge in [-0.15, -0.1) is 0 Å². The second-order valence-corrected chi connectivity index (χ2v) is 9.13. The Morgan fingerprint density at radius 2 is 1.75 bits per heavy atom. The van der Waals surface area contributed by atoms with E-state index in [2.05, 4.69) is 71.2 Å². The number of nitrogens with one attached hydrogen (secondary N) is 1. The number of hydrogen-bond acceptors (Lipinski definition) is 4. The monoisotopic (exact) mass is 442 g/mol. The molecule has 1 aromatic rings. The van der Waals surface area contributed by atoms with E-state index in [4.69, 9.17) is 4.99 Å². The highest BCUT2D eigenvalue weighted by atomic mass is 16.2. The highest BCUT2D eigenvalue weighted by molar-refractivity contribution is 5.80. The number of likely N-dealkylation sites (tertiary alicyclic amines) is 1. The summed E-state index contributed by atoms with van der Waals surface area (Å²) in [5, 5.41) is 3.46. The second-order valence-electron chi connectivity index (χ2n) is 9.13. The lowest BCUT2D eigenvalue weighted by atomic mass is 10.1. The molecule has 2 fully saturated rings. The van der Waals surface area contributed by atoms with Gasteiger partial charge in [-0.3, -0.25) is 19.6 Å². The quantitative estimate of drug-likeness (QED) is 0.469. The molecule has 1 unspecified atom stereocenters. The maximum absolute atomic E-state index is 12.4. The van der Waals surface area contributed by atoms with E-state index in [1.165, 1.54) is 5.56 Å². The van der Waals surface area contributed by atoms with Crippen LogP contribution in [0, 0.1) is 0 Å². The van der Waals surface area contributed by atoms with Gasteiger partial charge >= 0.3 is 0 Å². The minimum Gasteiger partial charge on any atom is -0.357 e. The molecule has 0 radical (unpaired) electrons. The third-order valence-corrected chi connectivity index (χ3v) is 6.66. The molecule has 1 atom stereocenters. The summed E-state index contributed by atoms with van der Waals surface area (Å²) in [6.07, 6.45) is 3.34. The molecule has 32 heavy (non-hydrogen) atoms. The zero-order valence-corrected chi connectivity index (χ0v) is 20.3. The van der Waals surface area contributed by atoms with E-state index < -0.39 is 0 Å². The van der Waals surface area contributed by atoms with Crippen LogP contribution in [0.3, 0.4) is 0 Å². The highest BCUT2D eigenvalue weighted by Crippen LogP contribution is 2.11. The Morgan fingerprint density at radius 3 is 2.41 bits per heavy atom. The van der Waals surface area contributed by atoms with Gasteiger partial charge in [-0.1, -0.05) is 30.3 Å². The van der Waals surface area contributed by atoms with Gasteiger partial charge < -0.3 is 15.1 Å². The Bertz CT molecular complexity index is 710. The van der Waals surface area contributed by atoms with Gasteiger partial charge in [-0.2, -0.15) is 0 Å². The summed E-state index contributed by atoms with van der Waals surface area (Å²) in [6.45, 7) is 13.2. The van der Waals surface area contributed by atoms with Crippen molar-refractivity contribution in [3.8, 4) is 0 Å². The van der Waals surface area contributed by atoms with Crippen LogP contribution in [-0.4, -0.2) is 103 Å². The van der Waals surface area contributed by atoms with Gasteiger partial charge in [0, 0.05) is 64.9 Å². The molecule has 7 nitrogen and oxygen atoms in total. The van der Waals surface area contributed by atoms with Gasteiger partial charge in [0.15, 0.2) is 5.96 Å². The second kappa shape index (κ2) is 12.8. The van der Waals surface area contributed by atoms with Crippen molar-refractivity contribution in [3.63, 3.8) is 0 Å². The number of hydrogen-bond donors (Lipinski definition) is 1. The summed E-state index contributed by atoms with van der Waals surface area (Å²) in [4.78, 5) is 26.4. The topological polar surface area (TPSA) is 54.4 Å². The third kappa shape index (κ3) is 7.48. The van der Waals surface area contributed by atoms with E-state index in [0.717, 1.165) is 84.1 Å². The van der Waals surface area contributed by atoms with Crippen LogP contribution in [-0.2, 0) is 11.3 Å². The van der Waals surface area contributed by atoms with Crippen LogP contribution in [0.15, 0.2) is 35.3 Å². The number of carbonyl (C=O) groups excluding carboxylic acids is 1. The molecule has 2 saturated heterocycles. The Hall–Kier alpha value is -2.12. The molecule has 0 aromatic heterocycles. The van der Waals surface area contributed by atoms with Gasteiger partial charge in [-0.05, 0) is 45.7 Å². The molecule has 0 bridgehead atoms. The number of nitrogens with zero attached hydrogens (tertiary/aromatic N) is 5. The molecule has 1 N–H and O–H groups in total. The molecule has 0 spiro atoms. The van der Waals surface area contributed by atoms with E-state index in [-0.39, 0.29) is 0 Å². The minimum atomic E-state index is 0.296. The van der Waals surface area contributed by atoms with Crippen molar-refractivity contribution in [3.05, 3.63) is 35.9 Å². The molecule has 0 saturated carbocycles. The molecule has 178 valence electrons. The maximum atomic E-state index is 12.4. The number of piperazine rings is 1.